The van der Waals surface area contributed by atoms with Crippen LogP contribution in [0.25, 0.3) is 0 Å². The average molecular weight is 391 g/mol. The van der Waals surface area contributed by atoms with Gasteiger partial charge >= 0.3 is 0 Å². The molecule has 0 aliphatic carbocycles. The van der Waals surface area contributed by atoms with E-state index in [9.17, 15) is 0 Å². The molecule has 3 heteroatoms. The summed E-state index contributed by atoms with van der Waals surface area (Å²) in [6.07, 6.45) is 3.55. The molecule has 0 saturated carbocycles. The van der Waals surface area contributed by atoms with Gasteiger partial charge in [0.05, 0.1) is 0 Å². The van der Waals surface area contributed by atoms with Crippen molar-refractivity contribution in [3.8, 4) is 0 Å². The fourth-order valence-corrected chi connectivity index (χ4v) is 2.95. The van der Waals surface area contributed by atoms with Crippen LogP contribution >= 0.6 is 31.9 Å². The molecule has 1 unspecified atom stereocenters. The average Bonchev–Trinajstić information content (AvgIpc) is 2.32. The van der Waals surface area contributed by atoms with Crippen molar-refractivity contribution in [1.29, 1.82) is 0 Å². The van der Waals surface area contributed by atoms with Gasteiger partial charge in [0.25, 0.3) is 0 Å². The van der Waals surface area contributed by atoms with Crippen LogP contribution < -0.4 is 5.32 Å². The van der Waals surface area contributed by atoms with Crippen LogP contribution in [0.1, 0.15) is 58.6 Å². The third-order valence-electron chi connectivity index (χ3n) is 3.16. The van der Waals surface area contributed by atoms with E-state index in [2.05, 4.69) is 83.1 Å². The molecular weight excluding hydrogens is 366 g/mol. The Morgan fingerprint density at radius 2 is 1.89 bits per heavy atom. The van der Waals surface area contributed by atoms with Crippen molar-refractivity contribution in [2.45, 2.75) is 53.0 Å². The third kappa shape index (κ3) is 6.42. The van der Waals surface area contributed by atoms with E-state index in [1.165, 1.54) is 22.9 Å². The van der Waals surface area contributed by atoms with Crippen LogP contribution in [-0.4, -0.2) is 6.54 Å². The lowest BCUT2D eigenvalue weighted by Gasteiger charge is -2.25. The van der Waals surface area contributed by atoms with Crippen LogP contribution in [0.4, 0.5) is 0 Å². The first-order chi connectivity index (χ1) is 8.83. The molecule has 0 aliphatic heterocycles. The fourth-order valence-electron chi connectivity index (χ4n) is 2.05. The molecule has 0 saturated heterocycles. The smallest absolute Gasteiger partial charge is 0.0332 e. The van der Waals surface area contributed by atoms with Crippen molar-refractivity contribution in [1.82, 2.24) is 5.32 Å². The number of benzene rings is 1. The highest BCUT2D eigenvalue weighted by atomic mass is 79.9. The van der Waals surface area contributed by atoms with Crippen molar-refractivity contribution in [2.75, 3.05) is 6.54 Å². The number of hydrogen-bond acceptors (Lipinski definition) is 1. The summed E-state index contributed by atoms with van der Waals surface area (Å²) in [5.74, 6) is 0. The Kier molecular flexibility index (Phi) is 7.06. The standard InChI is InChI=1S/C16H25Br2N/c1-5-10-19-15(8-9-16(2,3)4)13-11-12(17)6-7-14(13)18/h6-7,11,15,19H,5,8-10H2,1-4H3. The summed E-state index contributed by atoms with van der Waals surface area (Å²) in [5, 5.41) is 3.68. The Hall–Kier alpha value is 0.140. The van der Waals surface area contributed by atoms with E-state index in [1.807, 2.05) is 0 Å². The van der Waals surface area contributed by atoms with E-state index in [1.54, 1.807) is 0 Å². The molecule has 0 heterocycles. The first kappa shape index (κ1) is 17.2. The normalized spacial score (nSPS) is 13.6. The lowest BCUT2D eigenvalue weighted by molar-refractivity contribution is 0.332. The highest BCUT2D eigenvalue weighted by Gasteiger charge is 2.18. The molecule has 0 bridgehead atoms. The topological polar surface area (TPSA) is 12.0 Å². The van der Waals surface area contributed by atoms with Crippen LogP contribution in [-0.2, 0) is 0 Å². The molecular formula is C16H25Br2N. The quantitative estimate of drug-likeness (QED) is 0.620. The summed E-state index contributed by atoms with van der Waals surface area (Å²) in [4.78, 5) is 0. The predicted octanol–water partition coefficient (Wildman–Crippen LogP) is 6.08. The maximum Gasteiger partial charge on any atom is 0.0332 e. The van der Waals surface area contributed by atoms with Crippen LogP contribution in [0.2, 0.25) is 0 Å². The molecule has 108 valence electrons. The minimum absolute atomic E-state index is 0.380. The predicted molar refractivity (Wildman–Crippen MR) is 91.6 cm³/mol. The summed E-state index contributed by atoms with van der Waals surface area (Å²) in [7, 11) is 0. The third-order valence-corrected chi connectivity index (χ3v) is 4.37. The summed E-state index contributed by atoms with van der Waals surface area (Å²) in [6.45, 7) is 10.2. The minimum Gasteiger partial charge on any atom is -0.310 e. The van der Waals surface area contributed by atoms with Gasteiger partial charge in [-0.05, 0) is 55.0 Å². The number of rotatable bonds is 6. The Balaban J connectivity index is 2.85. The van der Waals surface area contributed by atoms with Gasteiger partial charge in [0.2, 0.25) is 0 Å². The zero-order valence-corrected chi connectivity index (χ0v) is 15.6. The lowest BCUT2D eigenvalue weighted by Crippen LogP contribution is -2.24. The minimum atomic E-state index is 0.380. The van der Waals surface area contributed by atoms with Gasteiger partial charge in [-0.15, -0.1) is 0 Å². The lowest BCUT2D eigenvalue weighted by atomic mass is 9.87. The van der Waals surface area contributed by atoms with E-state index < -0.39 is 0 Å². The zero-order valence-electron chi connectivity index (χ0n) is 12.4. The maximum atomic E-state index is 3.68. The van der Waals surface area contributed by atoms with Gasteiger partial charge < -0.3 is 5.32 Å². The summed E-state index contributed by atoms with van der Waals surface area (Å²) < 4.78 is 2.34. The molecule has 1 rings (SSSR count). The van der Waals surface area contributed by atoms with Crippen LogP contribution in [0, 0.1) is 5.41 Å². The van der Waals surface area contributed by atoms with Crippen LogP contribution in [0.3, 0.4) is 0 Å². The molecule has 0 amide bonds. The van der Waals surface area contributed by atoms with E-state index >= 15 is 0 Å². The van der Waals surface area contributed by atoms with E-state index in [-0.39, 0.29) is 0 Å². The molecule has 1 aromatic carbocycles. The van der Waals surface area contributed by atoms with Crippen molar-refractivity contribution in [2.24, 2.45) is 5.41 Å². The van der Waals surface area contributed by atoms with Gasteiger partial charge in [-0.2, -0.15) is 0 Å². The summed E-state index contributed by atoms with van der Waals surface area (Å²) in [6, 6.07) is 6.84. The number of halogens is 2. The second kappa shape index (κ2) is 7.80. The van der Waals surface area contributed by atoms with Crippen LogP contribution in [0.15, 0.2) is 27.1 Å². The second-order valence-electron chi connectivity index (χ2n) is 6.27. The van der Waals surface area contributed by atoms with Crippen molar-refractivity contribution >= 4 is 31.9 Å². The van der Waals surface area contributed by atoms with Crippen molar-refractivity contribution in [3.63, 3.8) is 0 Å². The molecule has 19 heavy (non-hydrogen) atoms. The molecule has 1 nitrogen and oxygen atoms in total. The molecule has 1 atom stereocenters. The van der Waals surface area contributed by atoms with Gasteiger partial charge in [-0.3, -0.25) is 0 Å². The van der Waals surface area contributed by atoms with Crippen molar-refractivity contribution < 1.29 is 0 Å². The molecule has 0 aromatic heterocycles. The molecule has 0 spiro atoms. The Labute approximate surface area is 134 Å². The SMILES string of the molecule is CCCNC(CCC(C)(C)C)c1cc(Br)ccc1Br. The first-order valence-electron chi connectivity index (χ1n) is 7.02. The maximum absolute atomic E-state index is 3.68. The second-order valence-corrected chi connectivity index (χ2v) is 8.04. The van der Waals surface area contributed by atoms with E-state index in [0.717, 1.165) is 17.4 Å². The Morgan fingerprint density at radius 1 is 1.21 bits per heavy atom. The monoisotopic (exact) mass is 389 g/mol. The number of nitrogens with one attached hydrogen (secondary N) is 1. The van der Waals surface area contributed by atoms with E-state index in [0.29, 0.717) is 11.5 Å². The van der Waals surface area contributed by atoms with Gasteiger partial charge in [0, 0.05) is 15.0 Å². The van der Waals surface area contributed by atoms with E-state index in [4.69, 9.17) is 0 Å². The highest BCUT2D eigenvalue weighted by molar-refractivity contribution is 9.11. The Bertz CT molecular complexity index is 396. The molecule has 0 radical (unpaired) electrons. The van der Waals surface area contributed by atoms with Gasteiger partial charge in [0.15, 0.2) is 0 Å². The van der Waals surface area contributed by atoms with Gasteiger partial charge in [0.1, 0.15) is 0 Å². The summed E-state index contributed by atoms with van der Waals surface area (Å²) >= 11 is 7.26. The number of hydrogen-bond donors (Lipinski definition) is 1. The largest absolute Gasteiger partial charge is 0.310 e. The molecule has 1 N–H and O–H groups in total. The molecule has 0 aliphatic rings. The first-order valence-corrected chi connectivity index (χ1v) is 8.60. The van der Waals surface area contributed by atoms with Crippen molar-refractivity contribution in [3.05, 3.63) is 32.7 Å². The molecule has 1 aromatic rings. The molecule has 0 fully saturated rings. The summed E-state index contributed by atoms with van der Waals surface area (Å²) in [5.41, 5.74) is 1.73. The fraction of sp³-hybridized carbons (Fsp3) is 0.625. The van der Waals surface area contributed by atoms with Crippen LogP contribution in [0.5, 0.6) is 0 Å². The Morgan fingerprint density at radius 3 is 2.47 bits per heavy atom. The zero-order chi connectivity index (χ0) is 14.5. The van der Waals surface area contributed by atoms with Gasteiger partial charge in [-0.25, -0.2) is 0 Å². The van der Waals surface area contributed by atoms with Gasteiger partial charge in [-0.1, -0.05) is 59.6 Å². The highest BCUT2D eigenvalue weighted by Crippen LogP contribution is 2.32.